The average Bonchev–Trinajstić information content (AvgIpc) is 2.86. The molecule has 3 rings (SSSR count). The van der Waals surface area contributed by atoms with Gasteiger partial charge in [0.1, 0.15) is 0 Å². The number of benzene rings is 1. The van der Waals surface area contributed by atoms with Gasteiger partial charge in [0.2, 0.25) is 5.91 Å². The van der Waals surface area contributed by atoms with Crippen LogP contribution in [-0.4, -0.2) is 12.5 Å². The van der Waals surface area contributed by atoms with Crippen molar-refractivity contribution in [3.05, 3.63) is 34.3 Å². The molecule has 1 aliphatic heterocycles. The lowest BCUT2D eigenvalue weighted by atomic mass is 9.96. The van der Waals surface area contributed by atoms with E-state index in [2.05, 4.69) is 45.5 Å². The molecule has 2 fully saturated rings. The summed E-state index contributed by atoms with van der Waals surface area (Å²) in [4.78, 5) is 11.3. The van der Waals surface area contributed by atoms with Crippen LogP contribution in [0.15, 0.2) is 28.7 Å². The second kappa shape index (κ2) is 3.08. The molecule has 0 aromatic heterocycles. The van der Waals surface area contributed by atoms with Gasteiger partial charge in [-0.1, -0.05) is 28.1 Å². The Balaban J connectivity index is 1.77. The summed E-state index contributed by atoms with van der Waals surface area (Å²) >= 11 is 3.43. The van der Waals surface area contributed by atoms with Gasteiger partial charge in [0.25, 0.3) is 0 Å². The van der Waals surface area contributed by atoms with Gasteiger partial charge in [-0.25, -0.2) is 0 Å². The lowest BCUT2D eigenvalue weighted by Crippen LogP contribution is -2.21. The summed E-state index contributed by atoms with van der Waals surface area (Å²) in [7, 11) is 0. The fraction of sp³-hybridized carbons (Fsp3) is 0.417. The lowest BCUT2D eigenvalue weighted by molar-refractivity contribution is -0.120. The minimum Gasteiger partial charge on any atom is -0.355 e. The number of hydrogen-bond donors (Lipinski definition) is 1. The Kier molecular flexibility index (Phi) is 1.93. The maximum atomic E-state index is 11.3. The van der Waals surface area contributed by atoms with Gasteiger partial charge in [0.15, 0.2) is 0 Å². The summed E-state index contributed by atoms with van der Waals surface area (Å²) in [5.74, 6) is 0.549. The van der Waals surface area contributed by atoms with Gasteiger partial charge < -0.3 is 5.32 Å². The minimum absolute atomic E-state index is 0.255. The van der Waals surface area contributed by atoms with Crippen LogP contribution in [-0.2, 0) is 11.2 Å². The molecule has 1 saturated carbocycles. The molecule has 1 saturated heterocycles. The molecule has 0 spiro atoms. The van der Waals surface area contributed by atoms with E-state index in [0.717, 1.165) is 23.9 Å². The van der Waals surface area contributed by atoms with Gasteiger partial charge in [-0.2, -0.15) is 0 Å². The predicted molar refractivity (Wildman–Crippen MR) is 61.4 cm³/mol. The van der Waals surface area contributed by atoms with Crippen LogP contribution in [0.1, 0.15) is 12.0 Å². The van der Waals surface area contributed by atoms with Crippen molar-refractivity contribution in [1.29, 1.82) is 0 Å². The van der Waals surface area contributed by atoms with Crippen molar-refractivity contribution in [3.63, 3.8) is 0 Å². The Labute approximate surface area is 97.2 Å². The highest BCUT2D eigenvalue weighted by Gasteiger charge is 2.61. The summed E-state index contributed by atoms with van der Waals surface area (Å²) in [6.45, 7) is 0.868. The van der Waals surface area contributed by atoms with Crippen LogP contribution < -0.4 is 5.32 Å². The van der Waals surface area contributed by atoms with Crippen LogP contribution in [0.3, 0.4) is 0 Å². The average molecular weight is 266 g/mol. The Morgan fingerprint density at radius 3 is 2.67 bits per heavy atom. The lowest BCUT2D eigenvalue weighted by Gasteiger charge is -2.10. The molecule has 0 bridgehead atoms. The van der Waals surface area contributed by atoms with Crippen molar-refractivity contribution in [2.45, 2.75) is 12.8 Å². The first kappa shape index (κ1) is 9.40. The van der Waals surface area contributed by atoms with E-state index in [-0.39, 0.29) is 11.3 Å². The van der Waals surface area contributed by atoms with Crippen LogP contribution in [0, 0.1) is 11.3 Å². The van der Waals surface area contributed by atoms with Gasteiger partial charge in [0.05, 0.1) is 0 Å². The number of hydrogen-bond acceptors (Lipinski definition) is 1. The molecule has 1 amide bonds. The topological polar surface area (TPSA) is 29.1 Å². The number of amides is 1. The van der Waals surface area contributed by atoms with Gasteiger partial charge in [0, 0.05) is 22.4 Å². The molecule has 78 valence electrons. The molecule has 0 radical (unpaired) electrons. The van der Waals surface area contributed by atoms with Crippen molar-refractivity contribution in [1.82, 2.24) is 5.32 Å². The van der Waals surface area contributed by atoms with E-state index >= 15 is 0 Å². The van der Waals surface area contributed by atoms with Crippen molar-refractivity contribution in [3.8, 4) is 0 Å². The van der Waals surface area contributed by atoms with Crippen LogP contribution in [0.25, 0.3) is 0 Å². The third kappa shape index (κ3) is 1.49. The highest BCUT2D eigenvalue weighted by atomic mass is 79.9. The fourth-order valence-electron chi connectivity index (χ4n) is 2.57. The second-order valence-corrected chi connectivity index (χ2v) is 5.56. The standard InChI is InChI=1S/C12H12BrNO/c13-9-3-1-8(2-4-9)5-12-6-10(12)11(15)14-7-12/h1-4,10H,5-7H2,(H,14,15). The first-order valence-electron chi connectivity index (χ1n) is 5.22. The van der Waals surface area contributed by atoms with Crippen molar-refractivity contribution in [2.75, 3.05) is 6.54 Å². The largest absolute Gasteiger partial charge is 0.355 e. The maximum absolute atomic E-state index is 11.3. The highest BCUT2D eigenvalue weighted by molar-refractivity contribution is 9.10. The Bertz CT molecular complexity index is 414. The van der Waals surface area contributed by atoms with E-state index in [1.807, 2.05) is 0 Å². The summed E-state index contributed by atoms with van der Waals surface area (Å²) in [6.07, 6.45) is 2.11. The van der Waals surface area contributed by atoms with Gasteiger partial charge >= 0.3 is 0 Å². The summed E-state index contributed by atoms with van der Waals surface area (Å²) in [5, 5.41) is 2.94. The van der Waals surface area contributed by atoms with Crippen LogP contribution in [0.2, 0.25) is 0 Å². The monoisotopic (exact) mass is 265 g/mol. The molecular formula is C12H12BrNO. The highest BCUT2D eigenvalue weighted by Crippen LogP contribution is 2.57. The fourth-order valence-corrected chi connectivity index (χ4v) is 2.83. The summed E-state index contributed by atoms with van der Waals surface area (Å²) < 4.78 is 1.11. The zero-order valence-corrected chi connectivity index (χ0v) is 9.88. The van der Waals surface area contributed by atoms with Gasteiger partial charge in [-0.15, -0.1) is 0 Å². The van der Waals surface area contributed by atoms with Crippen LogP contribution >= 0.6 is 15.9 Å². The van der Waals surface area contributed by atoms with Crippen molar-refractivity contribution in [2.24, 2.45) is 11.3 Å². The van der Waals surface area contributed by atoms with E-state index in [4.69, 9.17) is 0 Å². The van der Waals surface area contributed by atoms with E-state index < -0.39 is 0 Å². The molecule has 2 aliphatic rings. The van der Waals surface area contributed by atoms with E-state index in [1.165, 1.54) is 5.56 Å². The molecule has 1 heterocycles. The molecule has 1 aliphatic carbocycles. The number of rotatable bonds is 2. The number of carbonyl (C=O) groups excluding carboxylic acids is 1. The van der Waals surface area contributed by atoms with E-state index in [0.29, 0.717) is 5.92 Å². The zero-order valence-electron chi connectivity index (χ0n) is 8.29. The normalized spacial score (nSPS) is 32.3. The molecule has 2 atom stereocenters. The third-order valence-electron chi connectivity index (χ3n) is 3.59. The number of piperidine rings is 1. The SMILES string of the molecule is O=C1NCC2(Cc3ccc(Br)cc3)CC12. The number of fused-ring (bicyclic) bond motifs is 1. The first-order valence-corrected chi connectivity index (χ1v) is 6.01. The zero-order chi connectivity index (χ0) is 10.5. The molecule has 1 N–H and O–H groups in total. The van der Waals surface area contributed by atoms with Gasteiger partial charge in [-0.05, 0) is 30.5 Å². The Morgan fingerprint density at radius 2 is 2.13 bits per heavy atom. The Hall–Kier alpha value is -0.830. The van der Waals surface area contributed by atoms with Gasteiger partial charge in [-0.3, -0.25) is 4.79 Å². The summed E-state index contributed by atoms with van der Waals surface area (Å²) in [5.41, 5.74) is 1.59. The van der Waals surface area contributed by atoms with Crippen LogP contribution in [0.5, 0.6) is 0 Å². The van der Waals surface area contributed by atoms with Crippen molar-refractivity contribution < 1.29 is 4.79 Å². The first-order chi connectivity index (χ1) is 7.20. The minimum atomic E-state index is 0.255. The van der Waals surface area contributed by atoms with Crippen LogP contribution in [0.4, 0.5) is 0 Å². The summed E-state index contributed by atoms with van der Waals surface area (Å²) in [6, 6.07) is 8.40. The number of carbonyl (C=O) groups is 1. The molecule has 1 aromatic carbocycles. The maximum Gasteiger partial charge on any atom is 0.223 e. The number of nitrogens with one attached hydrogen (secondary N) is 1. The predicted octanol–water partition coefficient (Wildman–Crippen LogP) is 2.13. The quantitative estimate of drug-likeness (QED) is 0.872. The Morgan fingerprint density at radius 1 is 1.40 bits per heavy atom. The second-order valence-electron chi connectivity index (χ2n) is 4.64. The smallest absolute Gasteiger partial charge is 0.223 e. The number of halogens is 1. The molecule has 2 unspecified atom stereocenters. The molecule has 3 heteroatoms. The van der Waals surface area contributed by atoms with E-state index in [1.54, 1.807) is 0 Å². The van der Waals surface area contributed by atoms with E-state index in [9.17, 15) is 4.79 Å². The molecule has 15 heavy (non-hydrogen) atoms. The van der Waals surface area contributed by atoms with Crippen molar-refractivity contribution >= 4 is 21.8 Å². The molecule has 1 aromatic rings. The molecular weight excluding hydrogens is 254 g/mol. The molecule has 2 nitrogen and oxygen atoms in total. The third-order valence-corrected chi connectivity index (χ3v) is 4.12.